The van der Waals surface area contributed by atoms with Gasteiger partial charge < -0.3 is 19.8 Å². The number of nitrogen functional groups attached to an aromatic ring is 1. The van der Waals surface area contributed by atoms with Crippen LogP contribution in [0.3, 0.4) is 0 Å². The topological polar surface area (TPSA) is 96.3 Å². The number of benzene rings is 2. The number of rotatable bonds is 8. The van der Waals surface area contributed by atoms with E-state index in [0.29, 0.717) is 24.9 Å². The Labute approximate surface area is 204 Å². The highest BCUT2D eigenvalue weighted by Crippen LogP contribution is 2.44. The molecule has 8 nitrogen and oxygen atoms in total. The van der Waals surface area contributed by atoms with Crippen LogP contribution in [0.5, 0.6) is 5.75 Å². The fourth-order valence-electron chi connectivity index (χ4n) is 4.49. The Hall–Kier alpha value is -3.94. The van der Waals surface area contributed by atoms with Crippen molar-refractivity contribution in [3.05, 3.63) is 60.9 Å². The van der Waals surface area contributed by atoms with Crippen LogP contribution in [0.25, 0.3) is 22.2 Å². The Morgan fingerprint density at radius 1 is 1.20 bits per heavy atom. The Kier molecular flexibility index (Phi) is 6.35. The van der Waals surface area contributed by atoms with Gasteiger partial charge in [0.05, 0.1) is 29.5 Å². The van der Waals surface area contributed by atoms with E-state index in [-0.39, 0.29) is 6.10 Å². The first-order chi connectivity index (χ1) is 17.0. The molecule has 1 saturated carbocycles. The van der Waals surface area contributed by atoms with E-state index in [9.17, 15) is 4.79 Å². The molecule has 2 aromatic carbocycles. The standard InChI is InChI=1S/C27H31N5O3/c1-18(2)35-27(33)30-20-9-7-19(8-10-20)26-25(28)23-12-11-22(34-16-15-31-14-4-13-29-31)17-24(23)32(26)21-5-3-6-21/h4,7-14,17-18,21H,3,5-6,15-16,28H2,1-2H3,(H,30,33). The summed E-state index contributed by atoms with van der Waals surface area (Å²) >= 11 is 0. The zero-order valence-electron chi connectivity index (χ0n) is 20.1. The quantitative estimate of drug-likeness (QED) is 0.335. The van der Waals surface area contributed by atoms with Gasteiger partial charge in [0.15, 0.2) is 0 Å². The highest BCUT2D eigenvalue weighted by molar-refractivity contribution is 6.01. The SMILES string of the molecule is CC(C)OC(=O)Nc1ccc(-c2c(N)c3ccc(OCCn4cccn4)cc3n2C2CCC2)cc1. The fraction of sp³-hybridized carbons (Fsp3) is 0.333. The predicted octanol–water partition coefficient (Wildman–Crippen LogP) is 5.85. The number of nitrogens with two attached hydrogens (primary N) is 1. The van der Waals surface area contributed by atoms with E-state index in [1.54, 1.807) is 6.20 Å². The van der Waals surface area contributed by atoms with Crippen LogP contribution in [0, 0.1) is 0 Å². The van der Waals surface area contributed by atoms with Crippen LogP contribution in [0.15, 0.2) is 60.9 Å². The molecule has 1 aliphatic carbocycles. The first-order valence-corrected chi connectivity index (χ1v) is 12.1. The Bertz CT molecular complexity index is 1310. The molecule has 2 aromatic heterocycles. The summed E-state index contributed by atoms with van der Waals surface area (Å²) in [6.45, 7) is 4.86. The fourth-order valence-corrected chi connectivity index (χ4v) is 4.49. The van der Waals surface area contributed by atoms with E-state index in [2.05, 4.69) is 21.0 Å². The molecule has 0 unspecified atom stereocenters. The first kappa shape index (κ1) is 22.8. The van der Waals surface area contributed by atoms with Crippen LogP contribution >= 0.6 is 0 Å². The molecule has 2 heterocycles. The van der Waals surface area contributed by atoms with E-state index in [1.807, 2.05) is 67.2 Å². The minimum atomic E-state index is -0.462. The molecule has 4 aromatic rings. The Morgan fingerprint density at radius 3 is 2.66 bits per heavy atom. The monoisotopic (exact) mass is 473 g/mol. The summed E-state index contributed by atoms with van der Waals surface area (Å²) in [5.41, 5.74) is 11.3. The molecule has 0 bridgehead atoms. The van der Waals surface area contributed by atoms with Crippen molar-refractivity contribution in [2.45, 2.75) is 51.8 Å². The third-order valence-corrected chi connectivity index (χ3v) is 6.35. The predicted molar refractivity (Wildman–Crippen MR) is 138 cm³/mol. The number of carbonyl (C=O) groups is 1. The van der Waals surface area contributed by atoms with Crippen molar-refractivity contribution in [1.29, 1.82) is 0 Å². The molecule has 0 aliphatic heterocycles. The highest BCUT2D eigenvalue weighted by atomic mass is 16.6. The van der Waals surface area contributed by atoms with E-state index >= 15 is 0 Å². The highest BCUT2D eigenvalue weighted by Gasteiger charge is 2.27. The van der Waals surface area contributed by atoms with Crippen LogP contribution in [-0.2, 0) is 11.3 Å². The summed E-state index contributed by atoms with van der Waals surface area (Å²) < 4.78 is 15.4. The lowest BCUT2D eigenvalue weighted by molar-refractivity contribution is 0.130. The largest absolute Gasteiger partial charge is 0.492 e. The summed E-state index contributed by atoms with van der Waals surface area (Å²) in [6.07, 6.45) is 6.52. The molecule has 3 N–H and O–H groups in total. The van der Waals surface area contributed by atoms with Crippen LogP contribution in [0.2, 0.25) is 0 Å². The van der Waals surface area contributed by atoms with Crippen LogP contribution in [0.4, 0.5) is 16.2 Å². The van der Waals surface area contributed by atoms with Gasteiger partial charge in [-0.1, -0.05) is 12.1 Å². The molecule has 5 rings (SSSR count). The molecule has 1 fully saturated rings. The summed E-state index contributed by atoms with van der Waals surface area (Å²) in [6, 6.07) is 16.2. The van der Waals surface area contributed by atoms with Crippen molar-refractivity contribution in [1.82, 2.24) is 14.3 Å². The number of anilines is 2. The average molecular weight is 474 g/mol. The number of hydrogen-bond donors (Lipinski definition) is 2. The third kappa shape index (κ3) is 4.82. The lowest BCUT2D eigenvalue weighted by atomic mass is 9.92. The molecule has 0 radical (unpaired) electrons. The van der Waals surface area contributed by atoms with Gasteiger partial charge in [0.25, 0.3) is 0 Å². The zero-order valence-corrected chi connectivity index (χ0v) is 20.1. The van der Waals surface area contributed by atoms with Gasteiger partial charge in [-0.25, -0.2) is 4.79 Å². The minimum Gasteiger partial charge on any atom is -0.492 e. The van der Waals surface area contributed by atoms with Crippen molar-refractivity contribution in [3.63, 3.8) is 0 Å². The maximum atomic E-state index is 11.9. The molecular weight excluding hydrogens is 442 g/mol. The number of aromatic nitrogens is 3. The van der Waals surface area contributed by atoms with Gasteiger partial charge in [0.1, 0.15) is 12.4 Å². The molecule has 0 spiro atoms. The van der Waals surface area contributed by atoms with Crippen molar-refractivity contribution in [3.8, 4) is 17.0 Å². The van der Waals surface area contributed by atoms with E-state index in [4.69, 9.17) is 15.2 Å². The molecule has 35 heavy (non-hydrogen) atoms. The second-order valence-electron chi connectivity index (χ2n) is 9.17. The number of nitrogens with one attached hydrogen (secondary N) is 1. The van der Waals surface area contributed by atoms with Crippen molar-refractivity contribution in [2.75, 3.05) is 17.7 Å². The maximum absolute atomic E-state index is 11.9. The zero-order chi connectivity index (χ0) is 24.4. The molecule has 1 amide bonds. The molecule has 0 saturated heterocycles. The van der Waals surface area contributed by atoms with Gasteiger partial charge in [-0.3, -0.25) is 10.00 Å². The van der Waals surface area contributed by atoms with E-state index < -0.39 is 6.09 Å². The van der Waals surface area contributed by atoms with E-state index in [1.165, 1.54) is 6.42 Å². The Balaban J connectivity index is 1.43. The van der Waals surface area contributed by atoms with E-state index in [0.717, 1.165) is 46.4 Å². The number of nitrogens with zero attached hydrogens (tertiary/aromatic N) is 3. The van der Waals surface area contributed by atoms with Crippen LogP contribution in [-0.4, -0.2) is 33.2 Å². The summed E-state index contributed by atoms with van der Waals surface area (Å²) in [5.74, 6) is 0.817. The number of fused-ring (bicyclic) bond motifs is 1. The molecule has 1 aliphatic rings. The van der Waals surface area contributed by atoms with Crippen molar-refractivity contribution >= 4 is 28.4 Å². The average Bonchev–Trinajstić information content (AvgIpc) is 3.40. The lowest BCUT2D eigenvalue weighted by Crippen LogP contribution is -2.18. The summed E-state index contributed by atoms with van der Waals surface area (Å²) in [5, 5.41) is 8.01. The normalized spacial score (nSPS) is 13.7. The number of carbonyl (C=O) groups excluding carboxylic acids is 1. The lowest BCUT2D eigenvalue weighted by Gasteiger charge is -2.30. The van der Waals surface area contributed by atoms with Crippen LogP contribution in [0.1, 0.15) is 39.2 Å². The van der Waals surface area contributed by atoms with Gasteiger partial charge in [-0.05, 0) is 63.4 Å². The first-order valence-electron chi connectivity index (χ1n) is 12.1. The molecule has 8 heteroatoms. The van der Waals surface area contributed by atoms with Gasteiger partial charge >= 0.3 is 6.09 Å². The molecule has 0 atom stereocenters. The smallest absolute Gasteiger partial charge is 0.411 e. The number of hydrogen-bond acceptors (Lipinski definition) is 5. The Morgan fingerprint density at radius 2 is 2.00 bits per heavy atom. The van der Waals surface area contributed by atoms with Crippen molar-refractivity contribution < 1.29 is 14.3 Å². The molecule has 182 valence electrons. The second-order valence-corrected chi connectivity index (χ2v) is 9.17. The second kappa shape index (κ2) is 9.74. The summed E-state index contributed by atoms with van der Waals surface area (Å²) in [7, 11) is 0. The number of ether oxygens (including phenoxy) is 2. The van der Waals surface area contributed by atoms with Gasteiger partial charge in [0.2, 0.25) is 0 Å². The van der Waals surface area contributed by atoms with Crippen molar-refractivity contribution in [2.24, 2.45) is 0 Å². The summed E-state index contributed by atoms with van der Waals surface area (Å²) in [4.78, 5) is 11.9. The van der Waals surface area contributed by atoms with Gasteiger partial charge in [-0.2, -0.15) is 5.10 Å². The van der Waals surface area contributed by atoms with Gasteiger partial charge in [0, 0.05) is 41.1 Å². The maximum Gasteiger partial charge on any atom is 0.411 e. The molecular formula is C27H31N5O3. The minimum absolute atomic E-state index is 0.174. The number of amides is 1. The van der Waals surface area contributed by atoms with Crippen LogP contribution < -0.4 is 15.8 Å². The van der Waals surface area contributed by atoms with Gasteiger partial charge in [-0.15, -0.1) is 0 Å². The third-order valence-electron chi connectivity index (χ3n) is 6.35.